The Bertz CT molecular complexity index is 513. The van der Waals surface area contributed by atoms with E-state index < -0.39 is 0 Å². The summed E-state index contributed by atoms with van der Waals surface area (Å²) in [4.78, 5) is 0. The van der Waals surface area contributed by atoms with Crippen molar-refractivity contribution in [3.63, 3.8) is 0 Å². The number of fused-ring (bicyclic) bond motifs is 2. The SMILES string of the molecule is CC1(C)C2CCC1(C)C(Nc1cccc(Cl)c1F)C2. The van der Waals surface area contributed by atoms with Crippen molar-refractivity contribution in [2.75, 3.05) is 5.32 Å². The van der Waals surface area contributed by atoms with E-state index in [-0.39, 0.29) is 16.3 Å². The van der Waals surface area contributed by atoms with Gasteiger partial charge in [0.2, 0.25) is 0 Å². The molecule has 2 saturated carbocycles. The summed E-state index contributed by atoms with van der Waals surface area (Å²) in [6.07, 6.45) is 3.67. The van der Waals surface area contributed by atoms with Gasteiger partial charge in [-0.2, -0.15) is 0 Å². The Kier molecular flexibility index (Phi) is 2.87. The second-order valence-electron chi connectivity index (χ2n) is 6.91. The van der Waals surface area contributed by atoms with Crippen LogP contribution >= 0.6 is 11.6 Å². The fourth-order valence-corrected chi connectivity index (χ4v) is 4.40. The molecule has 1 aromatic carbocycles. The van der Waals surface area contributed by atoms with E-state index in [1.54, 1.807) is 18.2 Å². The molecule has 2 bridgehead atoms. The predicted octanol–water partition coefficient (Wildman–Crippen LogP) is 5.11. The van der Waals surface area contributed by atoms with Crippen molar-refractivity contribution in [2.24, 2.45) is 16.7 Å². The van der Waals surface area contributed by atoms with Crippen LogP contribution in [0.4, 0.5) is 10.1 Å². The fraction of sp³-hybridized carbons (Fsp3) is 0.625. The zero-order chi connectivity index (χ0) is 13.8. The first-order chi connectivity index (χ1) is 8.86. The summed E-state index contributed by atoms with van der Waals surface area (Å²) >= 11 is 5.85. The van der Waals surface area contributed by atoms with Crippen LogP contribution in [0.3, 0.4) is 0 Å². The Balaban J connectivity index is 1.88. The minimum atomic E-state index is -0.326. The summed E-state index contributed by atoms with van der Waals surface area (Å²) in [5.74, 6) is 0.422. The molecule has 3 atom stereocenters. The molecule has 0 radical (unpaired) electrons. The van der Waals surface area contributed by atoms with E-state index >= 15 is 0 Å². The van der Waals surface area contributed by atoms with Crippen molar-refractivity contribution in [1.29, 1.82) is 0 Å². The maximum Gasteiger partial charge on any atom is 0.164 e. The number of benzene rings is 1. The highest BCUT2D eigenvalue weighted by atomic mass is 35.5. The third kappa shape index (κ3) is 1.72. The van der Waals surface area contributed by atoms with Gasteiger partial charge < -0.3 is 5.32 Å². The molecule has 1 nitrogen and oxygen atoms in total. The van der Waals surface area contributed by atoms with Gasteiger partial charge in [0.05, 0.1) is 10.7 Å². The van der Waals surface area contributed by atoms with Crippen LogP contribution in [0.25, 0.3) is 0 Å². The normalized spacial score (nSPS) is 35.6. The topological polar surface area (TPSA) is 12.0 Å². The summed E-state index contributed by atoms with van der Waals surface area (Å²) in [5.41, 5.74) is 1.12. The van der Waals surface area contributed by atoms with Crippen LogP contribution < -0.4 is 5.32 Å². The van der Waals surface area contributed by atoms with Crippen molar-refractivity contribution in [2.45, 2.75) is 46.1 Å². The van der Waals surface area contributed by atoms with E-state index in [4.69, 9.17) is 11.6 Å². The lowest BCUT2D eigenvalue weighted by Crippen LogP contribution is -2.40. The number of halogens is 2. The van der Waals surface area contributed by atoms with Gasteiger partial charge in [-0.3, -0.25) is 0 Å². The number of rotatable bonds is 2. The standard InChI is InChI=1S/C16H21ClFN/c1-15(2)10-7-8-16(15,3)13(9-10)19-12-6-4-5-11(17)14(12)18/h4-6,10,13,19H,7-9H2,1-3H3. The van der Waals surface area contributed by atoms with Crippen LogP contribution in [-0.2, 0) is 0 Å². The Labute approximate surface area is 119 Å². The molecule has 104 valence electrons. The van der Waals surface area contributed by atoms with E-state index in [1.807, 2.05) is 0 Å². The maximum absolute atomic E-state index is 14.0. The van der Waals surface area contributed by atoms with E-state index in [9.17, 15) is 4.39 Å². The highest BCUT2D eigenvalue weighted by Crippen LogP contribution is 2.65. The molecular formula is C16H21ClFN. The van der Waals surface area contributed by atoms with Crippen molar-refractivity contribution in [3.05, 3.63) is 29.0 Å². The van der Waals surface area contributed by atoms with E-state index in [0.717, 1.165) is 12.3 Å². The second kappa shape index (κ2) is 4.12. The average Bonchev–Trinajstić information content (AvgIpc) is 2.68. The van der Waals surface area contributed by atoms with Gasteiger partial charge in [0.25, 0.3) is 0 Å². The van der Waals surface area contributed by atoms with Crippen LogP contribution in [0.1, 0.15) is 40.0 Å². The molecule has 19 heavy (non-hydrogen) atoms. The highest BCUT2D eigenvalue weighted by Gasteiger charge is 2.61. The van der Waals surface area contributed by atoms with E-state index in [2.05, 4.69) is 26.1 Å². The molecule has 1 N–H and O–H groups in total. The average molecular weight is 282 g/mol. The van der Waals surface area contributed by atoms with E-state index in [1.165, 1.54) is 12.8 Å². The molecule has 0 aromatic heterocycles. The number of anilines is 1. The maximum atomic E-state index is 14.0. The molecule has 0 amide bonds. The molecule has 0 spiro atoms. The molecule has 0 aliphatic heterocycles. The summed E-state index contributed by atoms with van der Waals surface area (Å²) in [7, 11) is 0. The van der Waals surface area contributed by atoms with Crippen LogP contribution in [0, 0.1) is 22.6 Å². The molecule has 2 fully saturated rings. The molecule has 3 heteroatoms. The second-order valence-corrected chi connectivity index (χ2v) is 7.32. The Morgan fingerprint density at radius 3 is 2.63 bits per heavy atom. The molecular weight excluding hydrogens is 261 g/mol. The Morgan fingerprint density at radius 2 is 2.05 bits per heavy atom. The summed E-state index contributed by atoms with van der Waals surface area (Å²) < 4.78 is 14.0. The van der Waals surface area contributed by atoms with Gasteiger partial charge in [0.15, 0.2) is 5.82 Å². The van der Waals surface area contributed by atoms with Crippen LogP contribution in [0.5, 0.6) is 0 Å². The lowest BCUT2D eigenvalue weighted by atomic mass is 9.69. The highest BCUT2D eigenvalue weighted by molar-refractivity contribution is 6.31. The van der Waals surface area contributed by atoms with Gasteiger partial charge in [-0.25, -0.2) is 4.39 Å². The van der Waals surface area contributed by atoms with Gasteiger partial charge in [-0.15, -0.1) is 0 Å². The van der Waals surface area contributed by atoms with Crippen molar-refractivity contribution in [1.82, 2.24) is 0 Å². The third-order valence-electron chi connectivity index (χ3n) is 6.08. The lowest BCUT2D eigenvalue weighted by Gasteiger charge is -2.40. The molecule has 3 rings (SSSR count). The quantitative estimate of drug-likeness (QED) is 0.795. The van der Waals surface area contributed by atoms with Crippen LogP contribution in [0.2, 0.25) is 5.02 Å². The molecule has 2 aliphatic carbocycles. The number of nitrogens with one attached hydrogen (secondary N) is 1. The van der Waals surface area contributed by atoms with E-state index in [0.29, 0.717) is 17.1 Å². The van der Waals surface area contributed by atoms with Gasteiger partial charge in [0.1, 0.15) is 0 Å². The molecule has 0 heterocycles. The Morgan fingerprint density at radius 1 is 1.32 bits per heavy atom. The summed E-state index contributed by atoms with van der Waals surface area (Å²) in [6.45, 7) is 7.07. The molecule has 1 aromatic rings. The molecule has 0 saturated heterocycles. The minimum Gasteiger partial charge on any atom is -0.379 e. The predicted molar refractivity (Wildman–Crippen MR) is 78.0 cm³/mol. The number of hydrogen-bond donors (Lipinski definition) is 1. The van der Waals surface area contributed by atoms with Crippen molar-refractivity contribution in [3.8, 4) is 0 Å². The lowest BCUT2D eigenvalue weighted by molar-refractivity contribution is 0.142. The zero-order valence-electron chi connectivity index (χ0n) is 11.8. The van der Waals surface area contributed by atoms with Gasteiger partial charge in [-0.05, 0) is 48.1 Å². The number of hydrogen-bond acceptors (Lipinski definition) is 1. The first kappa shape index (κ1) is 13.2. The van der Waals surface area contributed by atoms with Crippen LogP contribution in [0.15, 0.2) is 18.2 Å². The van der Waals surface area contributed by atoms with Crippen molar-refractivity contribution < 1.29 is 4.39 Å². The molecule has 2 aliphatic rings. The first-order valence-corrected chi connectivity index (χ1v) is 7.44. The van der Waals surface area contributed by atoms with Crippen LogP contribution in [-0.4, -0.2) is 6.04 Å². The van der Waals surface area contributed by atoms with Gasteiger partial charge in [-0.1, -0.05) is 38.4 Å². The van der Waals surface area contributed by atoms with Gasteiger partial charge in [0, 0.05) is 6.04 Å². The minimum absolute atomic E-state index is 0.192. The first-order valence-electron chi connectivity index (χ1n) is 7.07. The smallest absolute Gasteiger partial charge is 0.164 e. The summed E-state index contributed by atoms with van der Waals surface area (Å²) in [6, 6.07) is 5.51. The fourth-order valence-electron chi connectivity index (χ4n) is 4.22. The summed E-state index contributed by atoms with van der Waals surface area (Å²) in [5, 5.41) is 3.61. The largest absolute Gasteiger partial charge is 0.379 e. The zero-order valence-corrected chi connectivity index (χ0v) is 12.5. The monoisotopic (exact) mass is 281 g/mol. The van der Waals surface area contributed by atoms with Crippen molar-refractivity contribution >= 4 is 17.3 Å². The third-order valence-corrected chi connectivity index (χ3v) is 6.37. The Hall–Kier alpha value is -0.760. The molecule has 3 unspecified atom stereocenters. The van der Waals surface area contributed by atoms with Gasteiger partial charge >= 0.3 is 0 Å².